The van der Waals surface area contributed by atoms with Gasteiger partial charge in [0, 0.05) is 5.92 Å². The number of hydrazine groups is 1. The first-order chi connectivity index (χ1) is 9.54. The maximum absolute atomic E-state index is 12.8. The van der Waals surface area contributed by atoms with Crippen LogP contribution in [0.4, 0.5) is 9.18 Å². The monoisotopic (exact) mass is 277 g/mol. The molecule has 7 heteroatoms. The molecule has 1 saturated heterocycles. The van der Waals surface area contributed by atoms with Gasteiger partial charge in [0.15, 0.2) is 0 Å². The zero-order chi connectivity index (χ0) is 14.3. The molecule has 0 bridgehead atoms. The third kappa shape index (κ3) is 2.34. The first-order valence-electron chi connectivity index (χ1n) is 6.22. The Balaban J connectivity index is 1.59. The van der Waals surface area contributed by atoms with Crippen molar-refractivity contribution in [2.75, 3.05) is 6.54 Å². The molecule has 1 heterocycles. The topological polar surface area (TPSA) is 78.5 Å². The molecule has 4 amide bonds. The Morgan fingerprint density at radius 2 is 2.00 bits per heavy atom. The zero-order valence-electron chi connectivity index (χ0n) is 10.4. The van der Waals surface area contributed by atoms with E-state index in [0.29, 0.717) is 6.42 Å². The molecule has 0 aromatic heterocycles. The van der Waals surface area contributed by atoms with Crippen LogP contribution in [0.2, 0.25) is 0 Å². The second-order valence-corrected chi connectivity index (χ2v) is 4.92. The number of halogens is 1. The average molecular weight is 277 g/mol. The number of urea groups is 1. The van der Waals surface area contributed by atoms with Gasteiger partial charge in [0.25, 0.3) is 0 Å². The van der Waals surface area contributed by atoms with Crippen LogP contribution in [-0.2, 0) is 9.59 Å². The van der Waals surface area contributed by atoms with Gasteiger partial charge in [-0.2, -0.15) is 0 Å². The number of nitrogens with zero attached hydrogens (tertiary/aromatic N) is 1. The highest BCUT2D eigenvalue weighted by atomic mass is 19.1. The number of imide groups is 1. The van der Waals surface area contributed by atoms with Gasteiger partial charge in [-0.15, -0.1) is 0 Å². The first kappa shape index (κ1) is 12.6. The largest absolute Gasteiger partial charge is 0.343 e. The number of hydrogen-bond acceptors (Lipinski definition) is 3. The van der Waals surface area contributed by atoms with Crippen LogP contribution in [0.15, 0.2) is 24.3 Å². The molecule has 2 aliphatic rings. The highest BCUT2D eigenvalue weighted by molar-refractivity contribution is 6.02. The van der Waals surface area contributed by atoms with Crippen molar-refractivity contribution in [2.45, 2.75) is 12.3 Å². The SMILES string of the molecule is O=C1CN(NC(=O)[C@H]2C[C@@H]2c2ccc(F)cc2)C(=O)N1. The maximum atomic E-state index is 12.8. The molecule has 6 nitrogen and oxygen atoms in total. The van der Waals surface area contributed by atoms with Crippen LogP contribution >= 0.6 is 0 Å². The van der Waals surface area contributed by atoms with Crippen molar-refractivity contribution in [1.29, 1.82) is 0 Å². The van der Waals surface area contributed by atoms with E-state index in [-0.39, 0.29) is 30.1 Å². The Bertz CT molecular complexity index is 587. The summed E-state index contributed by atoms with van der Waals surface area (Å²) in [7, 11) is 0. The van der Waals surface area contributed by atoms with Crippen molar-refractivity contribution in [3.05, 3.63) is 35.6 Å². The molecule has 0 radical (unpaired) electrons. The molecule has 20 heavy (non-hydrogen) atoms. The normalized spacial score (nSPS) is 24.6. The van der Waals surface area contributed by atoms with E-state index in [9.17, 15) is 18.8 Å². The van der Waals surface area contributed by atoms with Crippen molar-refractivity contribution in [3.63, 3.8) is 0 Å². The summed E-state index contributed by atoms with van der Waals surface area (Å²) in [6.07, 6.45) is 0.654. The Kier molecular flexibility index (Phi) is 2.89. The van der Waals surface area contributed by atoms with Gasteiger partial charge in [0.05, 0.1) is 0 Å². The van der Waals surface area contributed by atoms with Crippen molar-refractivity contribution < 1.29 is 18.8 Å². The zero-order valence-corrected chi connectivity index (χ0v) is 10.4. The summed E-state index contributed by atoms with van der Waals surface area (Å²) < 4.78 is 12.8. The summed E-state index contributed by atoms with van der Waals surface area (Å²) in [5, 5.41) is 3.04. The number of nitrogens with one attached hydrogen (secondary N) is 2. The second-order valence-electron chi connectivity index (χ2n) is 4.92. The van der Waals surface area contributed by atoms with Gasteiger partial charge in [-0.3, -0.25) is 20.3 Å². The van der Waals surface area contributed by atoms with Gasteiger partial charge in [0.2, 0.25) is 11.8 Å². The second kappa shape index (κ2) is 4.59. The summed E-state index contributed by atoms with van der Waals surface area (Å²) in [6.45, 7) is -0.168. The van der Waals surface area contributed by atoms with Crippen LogP contribution < -0.4 is 10.7 Å². The Labute approximate surface area is 113 Å². The van der Waals surface area contributed by atoms with Crippen LogP contribution in [0.5, 0.6) is 0 Å². The van der Waals surface area contributed by atoms with Gasteiger partial charge < -0.3 is 0 Å². The molecule has 1 aromatic carbocycles. The quantitative estimate of drug-likeness (QED) is 0.790. The lowest BCUT2D eigenvalue weighted by molar-refractivity contribution is -0.126. The Hall–Kier alpha value is -2.44. The molecule has 1 aromatic rings. The van der Waals surface area contributed by atoms with E-state index >= 15 is 0 Å². The molecule has 0 spiro atoms. The molecule has 2 atom stereocenters. The molecule has 1 aliphatic carbocycles. The number of hydrogen-bond donors (Lipinski definition) is 2. The predicted octanol–water partition coefficient (Wildman–Crippen LogP) is 0.512. The van der Waals surface area contributed by atoms with E-state index in [1.54, 1.807) is 12.1 Å². The van der Waals surface area contributed by atoms with E-state index in [1.165, 1.54) is 12.1 Å². The Morgan fingerprint density at radius 3 is 2.60 bits per heavy atom. The van der Waals surface area contributed by atoms with Crippen LogP contribution in [0.3, 0.4) is 0 Å². The lowest BCUT2D eigenvalue weighted by Crippen LogP contribution is -2.45. The van der Waals surface area contributed by atoms with Crippen molar-refractivity contribution in [1.82, 2.24) is 15.8 Å². The number of benzene rings is 1. The number of carbonyl (C=O) groups is 3. The predicted molar refractivity (Wildman–Crippen MR) is 65.6 cm³/mol. The van der Waals surface area contributed by atoms with Crippen molar-refractivity contribution >= 4 is 17.8 Å². The minimum absolute atomic E-state index is 0.0389. The minimum Gasteiger partial charge on any atom is -0.275 e. The molecule has 2 N–H and O–H groups in total. The van der Waals surface area contributed by atoms with E-state index in [4.69, 9.17) is 0 Å². The van der Waals surface area contributed by atoms with E-state index < -0.39 is 11.9 Å². The van der Waals surface area contributed by atoms with E-state index in [1.807, 2.05) is 0 Å². The van der Waals surface area contributed by atoms with Crippen molar-refractivity contribution in [3.8, 4) is 0 Å². The van der Waals surface area contributed by atoms with E-state index in [0.717, 1.165) is 10.6 Å². The Morgan fingerprint density at radius 1 is 1.30 bits per heavy atom. The average Bonchev–Trinajstić information content (AvgIpc) is 3.13. The minimum atomic E-state index is -0.623. The molecule has 2 fully saturated rings. The molecule has 1 aliphatic heterocycles. The molecular weight excluding hydrogens is 265 g/mol. The van der Waals surface area contributed by atoms with Crippen LogP contribution in [-0.4, -0.2) is 29.4 Å². The lowest BCUT2D eigenvalue weighted by atomic mass is 10.1. The molecule has 1 saturated carbocycles. The molecule has 3 rings (SSSR count). The fourth-order valence-electron chi connectivity index (χ4n) is 2.31. The number of carbonyl (C=O) groups excluding carboxylic acids is 3. The van der Waals surface area contributed by atoms with Gasteiger partial charge in [0.1, 0.15) is 12.4 Å². The van der Waals surface area contributed by atoms with Gasteiger partial charge in [-0.05, 0) is 30.0 Å². The first-order valence-corrected chi connectivity index (χ1v) is 6.22. The summed E-state index contributed by atoms with van der Waals surface area (Å²) >= 11 is 0. The van der Waals surface area contributed by atoms with Gasteiger partial charge in [-0.1, -0.05) is 12.1 Å². The molecule has 104 valence electrons. The number of rotatable bonds is 3. The third-order valence-corrected chi connectivity index (χ3v) is 3.46. The smallest absolute Gasteiger partial charge is 0.275 e. The molecule has 0 unspecified atom stereocenters. The summed E-state index contributed by atoms with van der Waals surface area (Å²) in [6, 6.07) is 5.39. The standard InChI is InChI=1S/C13H12FN3O3/c14-8-3-1-7(2-4-8)9-5-10(9)12(19)16-17-6-11(18)15-13(17)20/h1-4,9-10H,5-6H2,(H,16,19)(H,15,18,20)/t9-,10+/m1/s1. The van der Waals surface area contributed by atoms with Gasteiger partial charge >= 0.3 is 6.03 Å². The summed E-state index contributed by atoms with van der Waals surface area (Å²) in [5.41, 5.74) is 3.32. The van der Waals surface area contributed by atoms with Crippen LogP contribution in [0.25, 0.3) is 0 Å². The van der Waals surface area contributed by atoms with E-state index in [2.05, 4.69) is 10.7 Å². The fraction of sp³-hybridized carbons (Fsp3) is 0.308. The van der Waals surface area contributed by atoms with Gasteiger partial charge in [-0.25, -0.2) is 14.2 Å². The highest BCUT2D eigenvalue weighted by Gasteiger charge is 2.45. The third-order valence-electron chi connectivity index (χ3n) is 3.46. The highest BCUT2D eigenvalue weighted by Crippen LogP contribution is 2.47. The summed E-state index contributed by atoms with van der Waals surface area (Å²) in [5.74, 6) is -1.27. The summed E-state index contributed by atoms with van der Waals surface area (Å²) in [4.78, 5) is 34.2. The van der Waals surface area contributed by atoms with Crippen molar-refractivity contribution in [2.24, 2.45) is 5.92 Å². The number of amides is 4. The lowest BCUT2D eigenvalue weighted by Gasteiger charge is -2.14. The van der Waals surface area contributed by atoms with Crippen LogP contribution in [0, 0.1) is 11.7 Å². The fourth-order valence-corrected chi connectivity index (χ4v) is 2.31. The maximum Gasteiger partial charge on any atom is 0.343 e. The molecular formula is C13H12FN3O3. The van der Waals surface area contributed by atoms with Crippen LogP contribution in [0.1, 0.15) is 17.9 Å².